The molecule has 0 radical (unpaired) electrons. The van der Waals surface area contributed by atoms with Crippen LogP contribution >= 0.6 is 0 Å². The fourth-order valence-corrected chi connectivity index (χ4v) is 3.36. The van der Waals surface area contributed by atoms with Crippen molar-refractivity contribution in [3.63, 3.8) is 0 Å². The fourth-order valence-electron chi connectivity index (χ4n) is 3.36. The Kier molecular flexibility index (Phi) is 8.71. The van der Waals surface area contributed by atoms with E-state index in [0.717, 1.165) is 16.7 Å². The zero-order chi connectivity index (χ0) is 22.1. The summed E-state index contributed by atoms with van der Waals surface area (Å²) in [6.07, 6.45) is 0.505. The number of carbonyl (C=O) groups excluding carboxylic acids is 2. The van der Waals surface area contributed by atoms with Gasteiger partial charge in [0, 0.05) is 13.1 Å². The summed E-state index contributed by atoms with van der Waals surface area (Å²) in [7, 11) is 1.60. The first-order valence-electron chi connectivity index (χ1n) is 10.3. The maximum absolute atomic E-state index is 13.2. The Balaban J connectivity index is 2.23. The molecule has 1 unspecified atom stereocenters. The van der Waals surface area contributed by atoms with Crippen molar-refractivity contribution in [2.24, 2.45) is 0 Å². The van der Waals surface area contributed by atoms with Gasteiger partial charge in [0.15, 0.2) is 6.61 Å². The molecule has 0 aliphatic rings. The van der Waals surface area contributed by atoms with Crippen molar-refractivity contribution in [2.75, 3.05) is 20.3 Å². The van der Waals surface area contributed by atoms with Gasteiger partial charge < -0.3 is 19.7 Å². The molecule has 6 nitrogen and oxygen atoms in total. The number of amides is 2. The van der Waals surface area contributed by atoms with Gasteiger partial charge in [0.25, 0.3) is 5.91 Å². The van der Waals surface area contributed by atoms with E-state index < -0.39 is 6.04 Å². The number of aryl methyl sites for hydroxylation is 2. The van der Waals surface area contributed by atoms with Crippen molar-refractivity contribution in [1.29, 1.82) is 0 Å². The highest BCUT2D eigenvalue weighted by atomic mass is 16.5. The Morgan fingerprint density at radius 1 is 1.10 bits per heavy atom. The average molecular weight is 413 g/mol. The number of hydrogen-bond acceptors (Lipinski definition) is 4. The number of hydrogen-bond donors (Lipinski definition) is 1. The quantitative estimate of drug-likeness (QED) is 0.647. The molecule has 2 aromatic rings. The van der Waals surface area contributed by atoms with E-state index in [1.165, 1.54) is 0 Å². The lowest BCUT2D eigenvalue weighted by molar-refractivity contribution is -0.142. The van der Waals surface area contributed by atoms with E-state index in [1.807, 2.05) is 70.2 Å². The van der Waals surface area contributed by atoms with Crippen molar-refractivity contribution in [3.8, 4) is 11.5 Å². The average Bonchev–Trinajstić information content (AvgIpc) is 2.73. The number of ether oxygens (including phenoxy) is 2. The van der Waals surface area contributed by atoms with Gasteiger partial charge in [-0.15, -0.1) is 0 Å². The predicted octanol–water partition coefficient (Wildman–Crippen LogP) is 3.63. The van der Waals surface area contributed by atoms with Crippen LogP contribution in [0.1, 0.15) is 37.0 Å². The van der Waals surface area contributed by atoms with Crippen LogP contribution in [0.3, 0.4) is 0 Å². The summed E-state index contributed by atoms with van der Waals surface area (Å²) in [6, 6.07) is 12.8. The summed E-state index contributed by atoms with van der Waals surface area (Å²) in [6.45, 7) is 8.39. The number of nitrogens with zero attached hydrogens (tertiary/aromatic N) is 1. The molecular weight excluding hydrogens is 380 g/mol. The van der Waals surface area contributed by atoms with Crippen molar-refractivity contribution in [3.05, 3.63) is 59.2 Å². The van der Waals surface area contributed by atoms with E-state index in [-0.39, 0.29) is 18.4 Å². The Morgan fingerprint density at radius 2 is 1.87 bits per heavy atom. The molecule has 2 aromatic carbocycles. The third-order valence-electron chi connectivity index (χ3n) is 4.91. The van der Waals surface area contributed by atoms with E-state index in [1.54, 1.807) is 12.0 Å². The second kappa shape index (κ2) is 11.2. The first-order chi connectivity index (χ1) is 14.4. The molecule has 0 aliphatic carbocycles. The molecule has 2 amide bonds. The Bertz CT molecular complexity index is 866. The third-order valence-corrected chi connectivity index (χ3v) is 4.91. The van der Waals surface area contributed by atoms with Gasteiger partial charge in [-0.3, -0.25) is 9.59 Å². The molecule has 162 valence electrons. The maximum Gasteiger partial charge on any atom is 0.261 e. The van der Waals surface area contributed by atoms with Gasteiger partial charge in [0.2, 0.25) is 5.91 Å². The molecule has 0 saturated carbocycles. The molecule has 0 spiro atoms. The summed E-state index contributed by atoms with van der Waals surface area (Å²) in [5.41, 5.74) is 2.99. The summed E-state index contributed by atoms with van der Waals surface area (Å²) in [5.74, 6) is 0.970. The highest BCUT2D eigenvalue weighted by Crippen LogP contribution is 2.20. The lowest BCUT2D eigenvalue weighted by atomic mass is 10.1. The van der Waals surface area contributed by atoms with Gasteiger partial charge in [0.05, 0.1) is 7.11 Å². The molecule has 0 bridgehead atoms. The molecule has 6 heteroatoms. The number of rotatable bonds is 10. The smallest absolute Gasteiger partial charge is 0.261 e. The molecule has 0 heterocycles. The normalized spacial score (nSPS) is 11.5. The number of carbonyl (C=O) groups is 2. The minimum Gasteiger partial charge on any atom is -0.497 e. The van der Waals surface area contributed by atoms with Gasteiger partial charge in [-0.1, -0.05) is 36.8 Å². The number of benzene rings is 2. The van der Waals surface area contributed by atoms with Crippen LogP contribution in [0, 0.1) is 13.8 Å². The van der Waals surface area contributed by atoms with E-state index in [9.17, 15) is 9.59 Å². The van der Waals surface area contributed by atoms with E-state index in [0.29, 0.717) is 31.0 Å². The molecule has 0 fully saturated rings. The summed E-state index contributed by atoms with van der Waals surface area (Å²) < 4.78 is 11.1. The van der Waals surface area contributed by atoms with Gasteiger partial charge >= 0.3 is 0 Å². The zero-order valence-corrected chi connectivity index (χ0v) is 18.5. The Hall–Kier alpha value is -3.02. The number of methoxy groups -OCH3 is 1. The van der Waals surface area contributed by atoms with Crippen LogP contribution < -0.4 is 14.8 Å². The van der Waals surface area contributed by atoms with Gasteiger partial charge in [-0.2, -0.15) is 0 Å². The lowest BCUT2D eigenvalue weighted by Gasteiger charge is -2.30. The largest absolute Gasteiger partial charge is 0.497 e. The van der Waals surface area contributed by atoms with Crippen molar-refractivity contribution in [2.45, 2.75) is 46.7 Å². The van der Waals surface area contributed by atoms with Gasteiger partial charge in [-0.25, -0.2) is 0 Å². The van der Waals surface area contributed by atoms with Crippen LogP contribution in [0.25, 0.3) is 0 Å². The topological polar surface area (TPSA) is 67.9 Å². The second-order valence-corrected chi connectivity index (χ2v) is 7.25. The summed E-state index contributed by atoms with van der Waals surface area (Å²) in [5, 5.41) is 2.83. The summed E-state index contributed by atoms with van der Waals surface area (Å²) >= 11 is 0. The van der Waals surface area contributed by atoms with Crippen LogP contribution in [0.5, 0.6) is 11.5 Å². The fraction of sp³-hybridized carbons (Fsp3) is 0.417. The monoisotopic (exact) mass is 412 g/mol. The molecule has 0 saturated heterocycles. The van der Waals surface area contributed by atoms with Crippen LogP contribution in [0.15, 0.2) is 42.5 Å². The van der Waals surface area contributed by atoms with Crippen LogP contribution in [0.4, 0.5) is 0 Å². The van der Waals surface area contributed by atoms with Gasteiger partial charge in [-0.05, 0) is 56.5 Å². The highest BCUT2D eigenvalue weighted by molar-refractivity contribution is 5.88. The van der Waals surface area contributed by atoms with E-state index >= 15 is 0 Å². The second-order valence-electron chi connectivity index (χ2n) is 7.25. The molecular formula is C24H32N2O4. The minimum absolute atomic E-state index is 0.135. The van der Waals surface area contributed by atoms with Crippen molar-refractivity contribution < 1.29 is 19.1 Å². The molecule has 30 heavy (non-hydrogen) atoms. The maximum atomic E-state index is 13.2. The molecule has 0 aromatic heterocycles. The van der Waals surface area contributed by atoms with Crippen LogP contribution in [0.2, 0.25) is 0 Å². The van der Waals surface area contributed by atoms with E-state index in [2.05, 4.69) is 5.32 Å². The SMILES string of the molecule is CCNC(=O)C(CC)N(Cc1cccc(OC)c1)C(=O)COc1ccc(C)cc1C. The first-order valence-corrected chi connectivity index (χ1v) is 10.3. The molecule has 1 atom stereocenters. The molecule has 0 aliphatic heterocycles. The van der Waals surface area contributed by atoms with Crippen molar-refractivity contribution in [1.82, 2.24) is 10.2 Å². The van der Waals surface area contributed by atoms with E-state index in [4.69, 9.17) is 9.47 Å². The molecule has 1 N–H and O–H groups in total. The summed E-state index contributed by atoms with van der Waals surface area (Å²) in [4.78, 5) is 27.4. The standard InChI is InChI=1S/C24H32N2O4/c1-6-21(24(28)25-7-2)26(15-19-9-8-10-20(14-19)29-5)23(27)16-30-22-12-11-17(3)13-18(22)4/h8-14,21H,6-7,15-16H2,1-5H3,(H,25,28). The highest BCUT2D eigenvalue weighted by Gasteiger charge is 2.28. The minimum atomic E-state index is -0.577. The first kappa shape index (κ1) is 23.3. The van der Waals surface area contributed by atoms with Gasteiger partial charge in [0.1, 0.15) is 17.5 Å². The van der Waals surface area contributed by atoms with Crippen LogP contribution in [-0.2, 0) is 16.1 Å². The Morgan fingerprint density at radius 3 is 2.50 bits per heavy atom. The molecule has 2 rings (SSSR count). The number of likely N-dealkylation sites (N-methyl/N-ethyl adjacent to an activating group) is 1. The van der Waals surface area contributed by atoms with Crippen molar-refractivity contribution >= 4 is 11.8 Å². The Labute approximate surface area is 179 Å². The zero-order valence-electron chi connectivity index (χ0n) is 18.5. The number of nitrogens with one attached hydrogen (secondary N) is 1. The van der Waals surface area contributed by atoms with Crippen LogP contribution in [-0.4, -0.2) is 43.0 Å². The predicted molar refractivity (Wildman–Crippen MR) is 118 cm³/mol. The lowest BCUT2D eigenvalue weighted by Crippen LogP contribution is -2.50. The third kappa shape index (κ3) is 6.24.